The van der Waals surface area contributed by atoms with Gasteiger partial charge in [0.1, 0.15) is 0 Å². The average Bonchev–Trinajstić information content (AvgIpc) is 3.21. The smallest absolute Gasteiger partial charge is 0.340 e. The number of sulfonamides is 1. The molecule has 0 aromatic heterocycles. The van der Waals surface area contributed by atoms with Gasteiger partial charge < -0.3 is 15.4 Å². The number of nitrogens with zero attached hydrogens (tertiary/aromatic N) is 2. The summed E-state index contributed by atoms with van der Waals surface area (Å²) in [5, 5.41) is 0. The van der Waals surface area contributed by atoms with Crippen molar-refractivity contribution in [3.8, 4) is 0 Å². The molecule has 0 radical (unpaired) electrons. The number of primary amides is 1. The van der Waals surface area contributed by atoms with E-state index in [0.29, 0.717) is 18.8 Å². The Morgan fingerprint density at radius 3 is 2.26 bits per heavy atom. The zero-order valence-electron chi connectivity index (χ0n) is 15.2. The summed E-state index contributed by atoms with van der Waals surface area (Å²) in [5.74, 6) is -1.51. The standard InChI is InChI=1S/C18H25N3O5S/c19-17(22)13-26-18(23)15-12-14(6-7-16(15)20-8-4-5-9-20)27(24,25)21-10-2-1-3-11-21/h6-7,12H,1-5,8-11,13H2,(H2,19,22). The molecule has 148 valence electrons. The second-order valence-corrected chi connectivity index (χ2v) is 8.82. The first-order valence-electron chi connectivity index (χ1n) is 9.24. The summed E-state index contributed by atoms with van der Waals surface area (Å²) < 4.78 is 32.3. The molecule has 27 heavy (non-hydrogen) atoms. The van der Waals surface area contributed by atoms with Crippen LogP contribution in [0.25, 0.3) is 0 Å². The molecule has 2 fully saturated rings. The lowest BCUT2D eigenvalue weighted by Crippen LogP contribution is -2.35. The molecular formula is C18H25N3O5S. The predicted molar refractivity (Wildman–Crippen MR) is 100.0 cm³/mol. The molecule has 0 bridgehead atoms. The number of carbonyl (C=O) groups excluding carboxylic acids is 2. The van der Waals surface area contributed by atoms with E-state index in [9.17, 15) is 18.0 Å². The number of hydrogen-bond donors (Lipinski definition) is 1. The van der Waals surface area contributed by atoms with E-state index in [0.717, 1.165) is 45.2 Å². The van der Waals surface area contributed by atoms with Crippen LogP contribution in [0.15, 0.2) is 23.1 Å². The second kappa shape index (κ2) is 8.26. The Hall–Kier alpha value is -2.13. The largest absolute Gasteiger partial charge is 0.452 e. The fourth-order valence-corrected chi connectivity index (χ4v) is 5.09. The number of rotatable bonds is 6. The van der Waals surface area contributed by atoms with Crippen LogP contribution in [0, 0.1) is 0 Å². The van der Waals surface area contributed by atoms with E-state index in [1.807, 2.05) is 4.90 Å². The maximum atomic E-state index is 12.9. The maximum Gasteiger partial charge on any atom is 0.340 e. The number of ether oxygens (including phenoxy) is 1. The van der Waals surface area contributed by atoms with Crippen molar-refractivity contribution in [1.29, 1.82) is 0 Å². The van der Waals surface area contributed by atoms with Crippen molar-refractivity contribution in [3.05, 3.63) is 23.8 Å². The molecule has 1 aromatic rings. The summed E-state index contributed by atoms with van der Waals surface area (Å²) in [6.07, 6.45) is 4.69. The Bertz CT molecular complexity index is 812. The van der Waals surface area contributed by atoms with Crippen molar-refractivity contribution in [2.24, 2.45) is 5.73 Å². The Labute approximate surface area is 159 Å². The molecule has 9 heteroatoms. The number of nitrogens with two attached hydrogens (primary N) is 1. The number of carbonyl (C=O) groups is 2. The van der Waals surface area contributed by atoms with Crippen LogP contribution in [-0.4, -0.2) is 57.4 Å². The molecule has 0 unspecified atom stereocenters. The lowest BCUT2D eigenvalue weighted by Gasteiger charge is -2.27. The summed E-state index contributed by atoms with van der Waals surface area (Å²) in [5.41, 5.74) is 5.82. The zero-order valence-corrected chi connectivity index (χ0v) is 16.0. The maximum absolute atomic E-state index is 12.9. The van der Waals surface area contributed by atoms with E-state index in [-0.39, 0.29) is 10.5 Å². The minimum atomic E-state index is -3.67. The highest BCUT2D eigenvalue weighted by atomic mass is 32.2. The van der Waals surface area contributed by atoms with Crippen LogP contribution in [-0.2, 0) is 19.6 Å². The Kier molecular flexibility index (Phi) is 6.01. The summed E-state index contributed by atoms with van der Waals surface area (Å²) in [6.45, 7) is 2.00. The molecule has 0 saturated carbocycles. The molecule has 2 aliphatic rings. The molecule has 2 heterocycles. The van der Waals surface area contributed by atoms with E-state index < -0.39 is 28.5 Å². The normalized spacial score (nSPS) is 18.4. The third-order valence-corrected chi connectivity index (χ3v) is 6.83. The minimum absolute atomic E-state index is 0.0679. The SMILES string of the molecule is NC(=O)COC(=O)c1cc(S(=O)(=O)N2CCCCC2)ccc1N1CCCC1. The van der Waals surface area contributed by atoms with Gasteiger partial charge in [-0.05, 0) is 43.9 Å². The number of amides is 1. The average molecular weight is 395 g/mol. The van der Waals surface area contributed by atoms with E-state index in [4.69, 9.17) is 10.5 Å². The summed E-state index contributed by atoms with van der Waals surface area (Å²) in [7, 11) is -3.67. The summed E-state index contributed by atoms with van der Waals surface area (Å²) in [4.78, 5) is 25.6. The first kappa shape index (κ1) is 19.6. The van der Waals surface area contributed by atoms with Crippen molar-refractivity contribution in [2.45, 2.75) is 37.0 Å². The first-order chi connectivity index (χ1) is 12.9. The van der Waals surface area contributed by atoms with Crippen molar-refractivity contribution >= 4 is 27.6 Å². The van der Waals surface area contributed by atoms with Gasteiger partial charge in [-0.3, -0.25) is 4.79 Å². The van der Waals surface area contributed by atoms with Crippen molar-refractivity contribution < 1.29 is 22.7 Å². The Morgan fingerprint density at radius 1 is 1.00 bits per heavy atom. The topological polar surface area (TPSA) is 110 Å². The van der Waals surface area contributed by atoms with E-state index >= 15 is 0 Å². The predicted octanol–water partition coefficient (Wildman–Crippen LogP) is 1.10. The van der Waals surface area contributed by atoms with Gasteiger partial charge in [0.25, 0.3) is 5.91 Å². The number of piperidine rings is 1. The van der Waals surface area contributed by atoms with Gasteiger partial charge in [-0.1, -0.05) is 6.42 Å². The number of esters is 1. The van der Waals surface area contributed by atoms with Gasteiger partial charge in [0, 0.05) is 26.2 Å². The van der Waals surface area contributed by atoms with Crippen LogP contribution >= 0.6 is 0 Å². The van der Waals surface area contributed by atoms with Crippen molar-refractivity contribution in [3.63, 3.8) is 0 Å². The molecule has 0 aliphatic carbocycles. The third kappa shape index (κ3) is 4.41. The Balaban J connectivity index is 1.95. The zero-order chi connectivity index (χ0) is 19.4. The van der Waals surface area contributed by atoms with Gasteiger partial charge in [-0.25, -0.2) is 13.2 Å². The number of hydrogen-bond acceptors (Lipinski definition) is 6. The first-order valence-corrected chi connectivity index (χ1v) is 10.7. The van der Waals surface area contributed by atoms with Gasteiger partial charge >= 0.3 is 5.97 Å². The van der Waals surface area contributed by atoms with Gasteiger partial charge in [0.15, 0.2) is 6.61 Å². The van der Waals surface area contributed by atoms with E-state index in [2.05, 4.69) is 0 Å². The second-order valence-electron chi connectivity index (χ2n) is 6.88. The van der Waals surface area contributed by atoms with E-state index in [1.54, 1.807) is 12.1 Å². The molecule has 2 aliphatic heterocycles. The molecule has 1 aromatic carbocycles. The van der Waals surface area contributed by atoms with Crippen molar-refractivity contribution in [2.75, 3.05) is 37.7 Å². The molecular weight excluding hydrogens is 370 g/mol. The lowest BCUT2D eigenvalue weighted by atomic mass is 10.1. The molecule has 1 amide bonds. The molecule has 2 N–H and O–H groups in total. The molecule has 0 spiro atoms. The van der Waals surface area contributed by atoms with Gasteiger partial charge in [-0.15, -0.1) is 0 Å². The molecule has 2 saturated heterocycles. The highest BCUT2D eigenvalue weighted by molar-refractivity contribution is 7.89. The van der Waals surface area contributed by atoms with Crippen molar-refractivity contribution in [1.82, 2.24) is 4.31 Å². The monoisotopic (exact) mass is 395 g/mol. The van der Waals surface area contributed by atoms with Gasteiger partial charge in [0.2, 0.25) is 10.0 Å². The van der Waals surface area contributed by atoms with Crippen LogP contribution in [0.1, 0.15) is 42.5 Å². The molecule has 0 atom stereocenters. The van der Waals surface area contributed by atoms with Gasteiger partial charge in [-0.2, -0.15) is 4.31 Å². The van der Waals surface area contributed by atoms with Gasteiger partial charge in [0.05, 0.1) is 16.1 Å². The fourth-order valence-electron chi connectivity index (χ4n) is 3.54. The molecule has 8 nitrogen and oxygen atoms in total. The summed E-state index contributed by atoms with van der Waals surface area (Å²) >= 11 is 0. The number of anilines is 1. The van der Waals surface area contributed by atoms with Crippen LogP contribution in [0.3, 0.4) is 0 Å². The molecule has 3 rings (SSSR count). The summed E-state index contributed by atoms with van der Waals surface area (Å²) in [6, 6.07) is 4.56. The van der Waals surface area contributed by atoms with Crippen LogP contribution in [0.2, 0.25) is 0 Å². The van der Waals surface area contributed by atoms with Crippen LogP contribution < -0.4 is 10.6 Å². The van der Waals surface area contributed by atoms with Crippen LogP contribution in [0.5, 0.6) is 0 Å². The highest BCUT2D eigenvalue weighted by Crippen LogP contribution is 2.30. The third-order valence-electron chi connectivity index (χ3n) is 4.93. The lowest BCUT2D eigenvalue weighted by molar-refractivity contribution is -0.121. The highest BCUT2D eigenvalue weighted by Gasteiger charge is 2.29. The minimum Gasteiger partial charge on any atom is -0.452 e. The fraction of sp³-hybridized carbons (Fsp3) is 0.556. The number of benzene rings is 1. The van der Waals surface area contributed by atoms with Crippen LogP contribution in [0.4, 0.5) is 5.69 Å². The van der Waals surface area contributed by atoms with E-state index in [1.165, 1.54) is 10.4 Å². The Morgan fingerprint density at radius 2 is 1.63 bits per heavy atom. The quantitative estimate of drug-likeness (QED) is 0.723.